The Morgan fingerprint density at radius 3 is 1.49 bits per heavy atom. The lowest BCUT2D eigenvalue weighted by Crippen LogP contribution is -2.51. The monoisotopic (exact) mass is 1050 g/mol. The molecule has 6 nitrogen and oxygen atoms in total. The molecular weight excluding hydrogens is 1000 g/mol. The zero-order chi connectivity index (χ0) is 53.1. The van der Waals surface area contributed by atoms with Crippen molar-refractivity contribution in [1.82, 2.24) is 0 Å². The number of anilines is 6. The Morgan fingerprint density at radius 1 is 0.392 bits per heavy atom. The van der Waals surface area contributed by atoms with Gasteiger partial charge in [-0.25, -0.2) is 0 Å². The van der Waals surface area contributed by atoms with Gasteiger partial charge in [0, 0.05) is 54.8 Å². The largest absolute Gasteiger partial charge is 0.459 e. The third-order valence-electron chi connectivity index (χ3n) is 17.3. The minimum absolute atomic E-state index is 0.829. The van der Waals surface area contributed by atoms with E-state index in [1.54, 1.807) is 0 Å². The Bertz CT molecular complexity index is 4960. The van der Waals surface area contributed by atoms with Crippen molar-refractivity contribution in [2.75, 3.05) is 9.80 Å². The highest BCUT2D eigenvalue weighted by Crippen LogP contribution is 2.53. The van der Waals surface area contributed by atoms with Crippen molar-refractivity contribution in [1.29, 1.82) is 0 Å². The van der Waals surface area contributed by atoms with Gasteiger partial charge in [0.25, 0.3) is 0 Å². The molecule has 79 heavy (non-hydrogen) atoms. The Hall–Kier alpha value is -9.35. The molecule has 0 atom stereocenters. The maximum Gasteiger partial charge on any atom is 0.160 e. The van der Waals surface area contributed by atoms with Gasteiger partial charge in [0.1, 0.15) is 44.2 Å². The van der Waals surface area contributed by atoms with E-state index in [0.717, 1.165) is 122 Å². The van der Waals surface area contributed by atoms with E-state index in [1.807, 2.05) is 25.1 Å². The highest BCUT2D eigenvalue weighted by atomic mass is 28.3. The molecule has 4 aromatic heterocycles. The lowest BCUT2D eigenvalue weighted by molar-refractivity contribution is 0.578. The van der Waals surface area contributed by atoms with Crippen LogP contribution in [0.15, 0.2) is 231 Å². The Labute approximate surface area is 458 Å². The fourth-order valence-corrected chi connectivity index (χ4v) is 19.7. The summed E-state index contributed by atoms with van der Waals surface area (Å²) in [6.45, 7) is 16.2. The van der Waals surface area contributed by atoms with Crippen molar-refractivity contribution >= 4 is 154 Å². The van der Waals surface area contributed by atoms with Crippen molar-refractivity contribution in [3.8, 4) is 22.3 Å². The van der Waals surface area contributed by atoms with Crippen molar-refractivity contribution in [3.05, 3.63) is 224 Å². The van der Waals surface area contributed by atoms with Gasteiger partial charge in [0.05, 0.1) is 28.1 Å². The topological polar surface area (TPSA) is 59.0 Å². The Kier molecular flexibility index (Phi) is 9.62. The van der Waals surface area contributed by atoms with Crippen LogP contribution >= 0.6 is 0 Å². The molecule has 6 heterocycles. The SMILES string of the molecule is C=C/C=C\c1c(C)oc2c(N(c3ccccc3)c3cc4c(c5oc6ccccc6c35)-c3cc5c(cc3[Si]4(C)C)-c3c(cc(N(c4ccccc4)c4cccc6c4oc4ccccc46)c4oc6ccccc6c34)[Si]5(C)C)cccc12. The number of nitrogens with zero attached hydrogens (tertiary/aromatic N) is 2. The number of rotatable bonds is 8. The first-order valence-corrected chi connectivity index (χ1v) is 33.2. The average Bonchev–Trinajstić information content (AvgIpc) is 3.53. The molecular formula is C71H52N2O4Si2. The van der Waals surface area contributed by atoms with Gasteiger partial charge < -0.3 is 27.5 Å². The van der Waals surface area contributed by atoms with Crippen LogP contribution in [0.5, 0.6) is 0 Å². The van der Waals surface area contributed by atoms with Crippen LogP contribution in [0.4, 0.5) is 34.1 Å². The van der Waals surface area contributed by atoms with Crippen molar-refractivity contribution in [2.24, 2.45) is 0 Å². The number of para-hydroxylation sites is 7. The number of fused-ring (bicyclic) bond motifs is 18. The van der Waals surface area contributed by atoms with Gasteiger partial charge in [-0.05, 0) is 111 Å². The minimum atomic E-state index is -2.53. The van der Waals surface area contributed by atoms with Crippen LogP contribution in [0, 0.1) is 6.92 Å². The van der Waals surface area contributed by atoms with Crippen LogP contribution in [0.2, 0.25) is 26.2 Å². The van der Waals surface area contributed by atoms with E-state index in [0.29, 0.717) is 0 Å². The first-order chi connectivity index (χ1) is 38.6. The van der Waals surface area contributed by atoms with E-state index in [2.05, 4.69) is 237 Å². The summed E-state index contributed by atoms with van der Waals surface area (Å²) in [6.07, 6.45) is 5.88. The predicted octanol–water partition coefficient (Wildman–Crippen LogP) is 18.2. The molecule has 0 N–H and O–H groups in total. The summed E-state index contributed by atoms with van der Waals surface area (Å²) in [5.74, 6) is 0.859. The lowest BCUT2D eigenvalue weighted by Gasteiger charge is -2.28. The summed E-state index contributed by atoms with van der Waals surface area (Å²) >= 11 is 0. The van der Waals surface area contributed by atoms with Crippen LogP contribution in [0.3, 0.4) is 0 Å². The van der Waals surface area contributed by atoms with Gasteiger partial charge >= 0.3 is 0 Å². The smallest absolute Gasteiger partial charge is 0.160 e. The molecule has 14 aromatic rings. The molecule has 0 bridgehead atoms. The molecule has 0 unspecified atom stereocenters. The fraction of sp³-hybridized carbons (Fsp3) is 0.0704. The highest BCUT2D eigenvalue weighted by molar-refractivity contribution is 7.06. The molecule has 8 heteroatoms. The van der Waals surface area contributed by atoms with Crippen LogP contribution in [0.25, 0.3) is 105 Å². The molecule has 0 saturated carbocycles. The summed E-state index contributed by atoms with van der Waals surface area (Å²) in [7, 11) is -5.05. The average molecular weight is 1050 g/mol. The molecule has 0 amide bonds. The summed E-state index contributed by atoms with van der Waals surface area (Å²) in [4.78, 5) is 4.78. The minimum Gasteiger partial charge on any atom is -0.459 e. The van der Waals surface area contributed by atoms with Gasteiger partial charge in [0.2, 0.25) is 0 Å². The summed E-state index contributed by atoms with van der Waals surface area (Å²) < 4.78 is 28.2. The molecule has 2 aliphatic rings. The molecule has 0 fully saturated rings. The van der Waals surface area contributed by atoms with Gasteiger partial charge in [-0.2, -0.15) is 0 Å². The number of allylic oxidation sites excluding steroid dienone is 2. The maximum atomic E-state index is 7.31. The predicted molar refractivity (Wildman–Crippen MR) is 336 cm³/mol. The fourth-order valence-electron chi connectivity index (χ4n) is 13.6. The summed E-state index contributed by atoms with van der Waals surface area (Å²) in [5, 5.41) is 13.2. The second kappa shape index (κ2) is 16.6. The highest BCUT2D eigenvalue weighted by Gasteiger charge is 2.47. The van der Waals surface area contributed by atoms with Crippen molar-refractivity contribution in [3.63, 3.8) is 0 Å². The third kappa shape index (κ3) is 6.32. The van der Waals surface area contributed by atoms with E-state index in [4.69, 9.17) is 17.7 Å². The molecule has 378 valence electrons. The first-order valence-electron chi connectivity index (χ1n) is 27.2. The number of aryl methyl sites for hydroxylation is 1. The summed E-state index contributed by atoms with van der Waals surface area (Å²) in [6, 6.07) is 70.1. The van der Waals surface area contributed by atoms with Gasteiger partial charge in [-0.1, -0.05) is 178 Å². The molecule has 0 saturated heterocycles. The van der Waals surface area contributed by atoms with Crippen LogP contribution in [-0.4, -0.2) is 16.1 Å². The van der Waals surface area contributed by atoms with E-state index < -0.39 is 16.1 Å². The first kappa shape index (κ1) is 45.8. The van der Waals surface area contributed by atoms with Crippen molar-refractivity contribution in [2.45, 2.75) is 33.1 Å². The molecule has 10 aromatic carbocycles. The quantitative estimate of drug-likeness (QED) is 0.112. The maximum absolute atomic E-state index is 7.31. The van der Waals surface area contributed by atoms with E-state index in [9.17, 15) is 0 Å². The Morgan fingerprint density at radius 2 is 0.861 bits per heavy atom. The number of furan rings is 4. The molecule has 0 radical (unpaired) electrons. The lowest BCUT2D eigenvalue weighted by atomic mass is 9.95. The van der Waals surface area contributed by atoms with Gasteiger partial charge in [-0.15, -0.1) is 0 Å². The number of benzene rings is 10. The second-order valence-electron chi connectivity index (χ2n) is 22.3. The molecule has 2 aliphatic heterocycles. The second-order valence-corrected chi connectivity index (χ2v) is 31.0. The normalized spacial score (nSPS) is 14.1. The third-order valence-corrected chi connectivity index (χ3v) is 24.3. The Balaban J connectivity index is 0.951. The van der Waals surface area contributed by atoms with E-state index >= 15 is 0 Å². The van der Waals surface area contributed by atoms with Gasteiger partial charge in [-0.3, -0.25) is 0 Å². The summed E-state index contributed by atoms with van der Waals surface area (Å²) in [5.41, 5.74) is 18.3. The van der Waals surface area contributed by atoms with Crippen molar-refractivity contribution < 1.29 is 17.7 Å². The van der Waals surface area contributed by atoms with Crippen LogP contribution in [0.1, 0.15) is 11.3 Å². The molecule has 16 rings (SSSR count). The van der Waals surface area contributed by atoms with E-state index in [1.165, 1.54) is 43.0 Å². The number of hydrogen-bond donors (Lipinski definition) is 0. The molecule has 0 aliphatic carbocycles. The molecule has 0 spiro atoms. The number of hydrogen-bond acceptors (Lipinski definition) is 6. The van der Waals surface area contributed by atoms with Gasteiger partial charge in [0.15, 0.2) is 16.7 Å². The zero-order valence-electron chi connectivity index (χ0n) is 44.4. The zero-order valence-corrected chi connectivity index (χ0v) is 46.4. The van der Waals surface area contributed by atoms with Crippen LogP contribution < -0.4 is 30.5 Å². The van der Waals surface area contributed by atoms with Crippen LogP contribution in [-0.2, 0) is 0 Å². The standard InChI is InChI=1S/C71H52N2O4Si2/c1-7-8-27-45-42(2)74-68-47(45)31-21-33-53(68)72(43-23-11-9-12-24-43)55-40-63-66(71-64(55)49-29-16-19-36-58(49)77-71)52-39-60-51(38-61(52)79(63,5)6)65-62(78(60,3)4)41-56(70-67(65)50-30-17-20-37-59(50)76-70)73(44-25-13-10-14-26-44)54-34-22-32-48-46-28-15-18-35-57(46)75-69(48)54/h7-41H,1H2,2-6H3/b27-8-. The van der Waals surface area contributed by atoms with E-state index in [-0.39, 0.29) is 0 Å².